The van der Waals surface area contributed by atoms with Crippen molar-refractivity contribution in [3.63, 3.8) is 0 Å². The number of fused-ring (bicyclic) bond motifs is 1. The number of anilines is 1. The second-order valence-electron chi connectivity index (χ2n) is 6.34. The topological polar surface area (TPSA) is 52.9 Å². The van der Waals surface area contributed by atoms with Gasteiger partial charge in [0.2, 0.25) is 0 Å². The van der Waals surface area contributed by atoms with Crippen LogP contribution in [0.2, 0.25) is 0 Å². The van der Waals surface area contributed by atoms with E-state index in [1.165, 1.54) is 0 Å². The van der Waals surface area contributed by atoms with E-state index in [-0.39, 0.29) is 12.1 Å². The van der Waals surface area contributed by atoms with Gasteiger partial charge in [-0.15, -0.1) is 0 Å². The van der Waals surface area contributed by atoms with Gasteiger partial charge in [0, 0.05) is 32.2 Å². The van der Waals surface area contributed by atoms with E-state index in [1.54, 1.807) is 11.1 Å². The van der Waals surface area contributed by atoms with E-state index in [0.29, 0.717) is 0 Å². The molecule has 2 amide bonds. The Morgan fingerprint density at radius 1 is 1.16 bits per heavy atom. The third kappa shape index (κ3) is 3.97. The van der Waals surface area contributed by atoms with Crippen LogP contribution in [0, 0.1) is 0 Å². The van der Waals surface area contributed by atoms with Gasteiger partial charge in [0.15, 0.2) is 0 Å². The Bertz CT molecular complexity index is 843. The number of carbonyl (C=O) groups excluding carboxylic acids is 1. The molecular weight excluding hydrogens is 314 g/mol. The fraction of sp³-hybridized carbons (Fsp3) is 0.263. The van der Waals surface area contributed by atoms with E-state index in [0.717, 1.165) is 23.4 Å². The molecule has 25 heavy (non-hydrogen) atoms. The Labute approximate surface area is 147 Å². The average Bonchev–Trinajstić information content (AvgIpc) is 3.07. The summed E-state index contributed by atoms with van der Waals surface area (Å²) in [5.41, 5.74) is 2.69. The summed E-state index contributed by atoms with van der Waals surface area (Å²) in [7, 11) is 5.84. The second-order valence-corrected chi connectivity index (χ2v) is 6.34. The second kappa shape index (κ2) is 7.36. The molecule has 0 radical (unpaired) electrons. The van der Waals surface area contributed by atoms with E-state index >= 15 is 0 Å². The summed E-state index contributed by atoms with van der Waals surface area (Å²) in [6.07, 6.45) is 5.45. The average molecular weight is 337 g/mol. The molecule has 1 aromatic carbocycles. The number of hydrogen-bond donors (Lipinski definition) is 1. The molecule has 6 heteroatoms. The lowest BCUT2D eigenvalue weighted by molar-refractivity contribution is 0.188. The number of pyridine rings is 1. The van der Waals surface area contributed by atoms with Crippen LogP contribution in [0.1, 0.15) is 11.6 Å². The Balaban J connectivity index is 1.78. The molecule has 1 N–H and O–H groups in total. The number of carbonyl (C=O) groups is 1. The summed E-state index contributed by atoms with van der Waals surface area (Å²) in [6, 6.07) is 13.6. The number of imidazole rings is 1. The minimum Gasteiger partial charge on any atom is -0.319 e. The monoisotopic (exact) mass is 337 g/mol. The van der Waals surface area contributed by atoms with Crippen LogP contribution >= 0.6 is 0 Å². The van der Waals surface area contributed by atoms with E-state index in [4.69, 9.17) is 0 Å². The van der Waals surface area contributed by atoms with Gasteiger partial charge in [-0.1, -0.05) is 30.3 Å². The van der Waals surface area contributed by atoms with Crippen molar-refractivity contribution in [3.05, 3.63) is 66.6 Å². The first-order valence-electron chi connectivity index (χ1n) is 8.21. The molecule has 3 rings (SSSR count). The number of benzene rings is 1. The Hall–Kier alpha value is -2.86. The van der Waals surface area contributed by atoms with Crippen molar-refractivity contribution in [2.75, 3.05) is 33.0 Å². The lowest BCUT2D eigenvalue weighted by atomic mass is 10.1. The highest BCUT2D eigenvalue weighted by molar-refractivity contribution is 5.89. The zero-order valence-electron chi connectivity index (χ0n) is 14.8. The molecule has 0 saturated heterocycles. The van der Waals surface area contributed by atoms with Gasteiger partial charge in [0.25, 0.3) is 0 Å². The third-order valence-electron chi connectivity index (χ3n) is 4.15. The smallest absolute Gasteiger partial charge is 0.319 e. The summed E-state index contributed by atoms with van der Waals surface area (Å²) in [6.45, 7) is 0.745. The van der Waals surface area contributed by atoms with Crippen LogP contribution in [0.25, 0.3) is 5.65 Å². The zero-order valence-corrected chi connectivity index (χ0v) is 14.8. The van der Waals surface area contributed by atoms with E-state index in [1.807, 2.05) is 68.3 Å². The van der Waals surface area contributed by atoms with Gasteiger partial charge in [-0.2, -0.15) is 0 Å². The highest BCUT2D eigenvalue weighted by Crippen LogP contribution is 2.21. The molecule has 2 aromatic heterocycles. The van der Waals surface area contributed by atoms with E-state index in [9.17, 15) is 4.79 Å². The molecule has 1 unspecified atom stereocenters. The normalized spacial score (nSPS) is 12.3. The number of likely N-dealkylation sites (N-methyl/N-ethyl adjacent to an activating group) is 2. The maximum Gasteiger partial charge on any atom is 0.322 e. The molecule has 2 heterocycles. The van der Waals surface area contributed by atoms with Gasteiger partial charge >= 0.3 is 6.03 Å². The molecule has 1 atom stereocenters. The molecule has 0 saturated carbocycles. The standard InChI is InChI=1S/C19H23N5O/c1-22(2)14-17(15-7-5-4-6-8-15)23(3)19(25)21-16-9-10-18-20-11-12-24(18)13-16/h4-13,17H,14H2,1-3H3,(H,21,25). The SMILES string of the molecule is CN(C)CC(c1ccccc1)N(C)C(=O)Nc1ccc2nccn2c1. The van der Waals surface area contributed by atoms with Crippen molar-refractivity contribution in [2.24, 2.45) is 0 Å². The first kappa shape index (κ1) is 17.0. The number of rotatable bonds is 5. The van der Waals surface area contributed by atoms with Crippen LogP contribution in [-0.4, -0.2) is 52.9 Å². The van der Waals surface area contributed by atoms with Crippen LogP contribution in [0.4, 0.5) is 10.5 Å². The molecule has 0 bridgehead atoms. The lowest BCUT2D eigenvalue weighted by Gasteiger charge is -2.31. The van der Waals surface area contributed by atoms with Gasteiger partial charge in [0.05, 0.1) is 11.7 Å². The zero-order chi connectivity index (χ0) is 17.8. The molecule has 0 aliphatic carbocycles. The van der Waals surface area contributed by atoms with Gasteiger partial charge in [-0.3, -0.25) is 0 Å². The highest BCUT2D eigenvalue weighted by atomic mass is 16.2. The van der Waals surface area contributed by atoms with Crippen LogP contribution in [0.5, 0.6) is 0 Å². The van der Waals surface area contributed by atoms with E-state index < -0.39 is 0 Å². The summed E-state index contributed by atoms with van der Waals surface area (Å²) >= 11 is 0. The van der Waals surface area contributed by atoms with Gasteiger partial charge < -0.3 is 19.5 Å². The fourth-order valence-corrected chi connectivity index (χ4v) is 2.82. The first-order valence-corrected chi connectivity index (χ1v) is 8.21. The minimum absolute atomic E-state index is 0.0341. The molecule has 0 aliphatic heterocycles. The van der Waals surface area contributed by atoms with Crippen molar-refractivity contribution in [1.82, 2.24) is 19.2 Å². The number of urea groups is 1. The highest BCUT2D eigenvalue weighted by Gasteiger charge is 2.22. The Morgan fingerprint density at radius 3 is 2.64 bits per heavy atom. The van der Waals surface area contributed by atoms with Gasteiger partial charge in [-0.05, 0) is 31.8 Å². The predicted molar refractivity (Wildman–Crippen MR) is 99.7 cm³/mol. The van der Waals surface area contributed by atoms with Crippen LogP contribution in [-0.2, 0) is 0 Å². The maximum atomic E-state index is 12.8. The first-order chi connectivity index (χ1) is 12.0. The van der Waals surface area contributed by atoms with Crippen molar-refractivity contribution in [2.45, 2.75) is 6.04 Å². The fourth-order valence-electron chi connectivity index (χ4n) is 2.82. The van der Waals surface area contributed by atoms with E-state index in [2.05, 4.69) is 27.3 Å². The molecule has 0 spiro atoms. The molecule has 3 aromatic rings. The number of aromatic nitrogens is 2. The summed E-state index contributed by atoms with van der Waals surface area (Å²) in [4.78, 5) is 20.8. The number of nitrogens with one attached hydrogen (secondary N) is 1. The number of nitrogens with zero attached hydrogens (tertiary/aromatic N) is 4. The van der Waals surface area contributed by atoms with Crippen molar-refractivity contribution < 1.29 is 4.79 Å². The maximum absolute atomic E-state index is 12.8. The quantitative estimate of drug-likeness (QED) is 0.778. The van der Waals surface area contributed by atoms with Crippen molar-refractivity contribution in [3.8, 4) is 0 Å². The molecular formula is C19H23N5O. The molecule has 6 nitrogen and oxygen atoms in total. The largest absolute Gasteiger partial charge is 0.322 e. The number of hydrogen-bond acceptors (Lipinski definition) is 3. The predicted octanol–water partition coefficient (Wildman–Crippen LogP) is 3.10. The molecule has 0 aliphatic rings. The van der Waals surface area contributed by atoms with Crippen LogP contribution < -0.4 is 5.32 Å². The Morgan fingerprint density at radius 2 is 1.92 bits per heavy atom. The van der Waals surface area contributed by atoms with Crippen LogP contribution in [0.15, 0.2) is 61.1 Å². The van der Waals surface area contributed by atoms with Gasteiger partial charge in [0.1, 0.15) is 5.65 Å². The third-order valence-corrected chi connectivity index (χ3v) is 4.15. The molecule has 0 fully saturated rings. The Kier molecular flexibility index (Phi) is 5.00. The summed E-state index contributed by atoms with van der Waals surface area (Å²) in [5.74, 6) is 0. The van der Waals surface area contributed by atoms with Crippen molar-refractivity contribution in [1.29, 1.82) is 0 Å². The minimum atomic E-state index is -0.143. The lowest BCUT2D eigenvalue weighted by Crippen LogP contribution is -2.39. The van der Waals surface area contributed by atoms with Gasteiger partial charge in [-0.25, -0.2) is 9.78 Å². The number of amides is 2. The summed E-state index contributed by atoms with van der Waals surface area (Å²) < 4.78 is 1.88. The molecule has 130 valence electrons. The van der Waals surface area contributed by atoms with Crippen molar-refractivity contribution >= 4 is 17.4 Å². The summed E-state index contributed by atoms with van der Waals surface area (Å²) in [5, 5.41) is 2.97. The van der Waals surface area contributed by atoms with Crippen LogP contribution in [0.3, 0.4) is 0 Å².